The van der Waals surface area contributed by atoms with Crippen LogP contribution < -0.4 is 15.0 Å². The molecule has 0 fully saturated rings. The van der Waals surface area contributed by atoms with E-state index in [9.17, 15) is 9.59 Å². The van der Waals surface area contributed by atoms with E-state index in [1.807, 2.05) is 42.5 Å². The second-order valence-electron chi connectivity index (χ2n) is 6.28. The highest BCUT2D eigenvalue weighted by Crippen LogP contribution is 2.31. The molecule has 1 aliphatic rings. The van der Waals surface area contributed by atoms with Crippen molar-refractivity contribution in [3.05, 3.63) is 70.5 Å². The summed E-state index contributed by atoms with van der Waals surface area (Å²) in [6.07, 6.45) is -0.293. The molecule has 0 radical (unpaired) electrons. The fourth-order valence-electron chi connectivity index (χ4n) is 3.05. The van der Waals surface area contributed by atoms with Gasteiger partial charge in [-0.25, -0.2) is 0 Å². The fourth-order valence-corrected chi connectivity index (χ4v) is 3.05. The van der Waals surface area contributed by atoms with Crippen LogP contribution in [0.15, 0.2) is 59.4 Å². The van der Waals surface area contributed by atoms with Gasteiger partial charge in [0.25, 0.3) is 11.5 Å². The van der Waals surface area contributed by atoms with Gasteiger partial charge in [0.05, 0.1) is 6.54 Å². The minimum atomic E-state index is -0.397. The average Bonchev–Trinajstić information content (AvgIpc) is 2.66. The number of para-hydroxylation sites is 3. The molecule has 0 aliphatic carbocycles. The Hall–Kier alpha value is -3.28. The molecule has 1 N–H and O–H groups in total. The van der Waals surface area contributed by atoms with Gasteiger partial charge in [0.15, 0.2) is 17.6 Å². The number of likely N-dealkylation sites (N-methyl/N-ethyl adjacent to an activating group) is 1. The van der Waals surface area contributed by atoms with Gasteiger partial charge < -0.3 is 19.4 Å². The Morgan fingerprint density at radius 1 is 1.15 bits per heavy atom. The summed E-state index contributed by atoms with van der Waals surface area (Å²) in [5.74, 6) is 1.01. The lowest BCUT2D eigenvalue weighted by Gasteiger charge is -2.29. The third kappa shape index (κ3) is 3.01. The summed E-state index contributed by atoms with van der Waals surface area (Å²) in [7, 11) is 1.65. The highest BCUT2D eigenvalue weighted by molar-refractivity contribution is 5.97. The van der Waals surface area contributed by atoms with Crippen LogP contribution in [-0.2, 0) is 0 Å². The molecule has 26 heavy (non-hydrogen) atoms. The predicted octanol–water partition coefficient (Wildman–Crippen LogP) is 2.44. The van der Waals surface area contributed by atoms with Crippen molar-refractivity contribution in [2.75, 3.05) is 20.2 Å². The lowest BCUT2D eigenvalue weighted by atomic mass is 10.1. The second-order valence-corrected chi connectivity index (χ2v) is 6.28. The van der Waals surface area contributed by atoms with Crippen LogP contribution in [0.5, 0.6) is 11.5 Å². The molecule has 1 aromatic heterocycles. The molecule has 0 unspecified atom stereocenters. The zero-order chi connectivity index (χ0) is 18.1. The molecular weight excluding hydrogens is 332 g/mol. The zero-order valence-corrected chi connectivity index (χ0v) is 14.3. The van der Waals surface area contributed by atoms with Gasteiger partial charge in [-0.15, -0.1) is 0 Å². The number of benzene rings is 2. The molecule has 1 amide bonds. The van der Waals surface area contributed by atoms with E-state index < -0.39 is 5.56 Å². The van der Waals surface area contributed by atoms with Gasteiger partial charge in [-0.3, -0.25) is 9.59 Å². The van der Waals surface area contributed by atoms with Gasteiger partial charge in [-0.2, -0.15) is 0 Å². The summed E-state index contributed by atoms with van der Waals surface area (Å²) in [6, 6.07) is 16.4. The number of nitrogens with zero attached hydrogens (tertiary/aromatic N) is 1. The lowest BCUT2D eigenvalue weighted by molar-refractivity contribution is 0.0520. The van der Waals surface area contributed by atoms with Crippen molar-refractivity contribution in [3.8, 4) is 11.5 Å². The molecule has 4 rings (SSSR count). The maximum absolute atomic E-state index is 12.7. The van der Waals surface area contributed by atoms with Crippen molar-refractivity contribution in [1.82, 2.24) is 9.88 Å². The maximum atomic E-state index is 12.7. The number of aromatic nitrogens is 1. The van der Waals surface area contributed by atoms with Gasteiger partial charge in [-0.1, -0.05) is 30.3 Å². The first kappa shape index (κ1) is 16.2. The van der Waals surface area contributed by atoms with Gasteiger partial charge in [0.2, 0.25) is 0 Å². The molecule has 0 bridgehead atoms. The van der Waals surface area contributed by atoms with E-state index in [-0.39, 0.29) is 17.6 Å². The quantitative estimate of drug-likeness (QED) is 0.788. The highest BCUT2D eigenvalue weighted by atomic mass is 16.6. The topological polar surface area (TPSA) is 71.6 Å². The minimum absolute atomic E-state index is 0.114. The zero-order valence-electron chi connectivity index (χ0n) is 14.3. The number of H-pyrrole nitrogens is 1. The van der Waals surface area contributed by atoms with E-state index in [1.54, 1.807) is 19.2 Å². The van der Waals surface area contributed by atoms with Crippen molar-refractivity contribution >= 4 is 16.8 Å². The van der Waals surface area contributed by atoms with Crippen molar-refractivity contribution < 1.29 is 14.3 Å². The number of ether oxygens (including phenoxy) is 2. The SMILES string of the molecule is CN(C[C@@H]1COc2ccccc2O1)C(=O)c1cc2ccccc2[nH]c1=O. The standard InChI is InChI=1S/C20H18N2O4/c1-22(11-14-12-25-17-8-4-5-9-18(17)26-14)20(24)15-10-13-6-2-3-7-16(13)21-19(15)23/h2-10,14H,11-12H2,1H3,(H,21,23)/t14-/m1/s1. The lowest BCUT2D eigenvalue weighted by Crippen LogP contribution is -2.42. The van der Waals surface area contributed by atoms with Crippen LogP contribution >= 0.6 is 0 Å². The number of carbonyl (C=O) groups excluding carboxylic acids is 1. The number of carbonyl (C=O) groups is 1. The Morgan fingerprint density at radius 3 is 2.73 bits per heavy atom. The van der Waals surface area contributed by atoms with Crippen LogP contribution in [0.2, 0.25) is 0 Å². The predicted molar refractivity (Wildman–Crippen MR) is 97.9 cm³/mol. The van der Waals surface area contributed by atoms with Gasteiger partial charge in [0, 0.05) is 12.6 Å². The minimum Gasteiger partial charge on any atom is -0.486 e. The first-order valence-corrected chi connectivity index (χ1v) is 8.38. The first-order chi connectivity index (χ1) is 12.6. The number of amides is 1. The van der Waals surface area contributed by atoms with Crippen LogP contribution in [0.1, 0.15) is 10.4 Å². The van der Waals surface area contributed by atoms with E-state index in [0.717, 1.165) is 5.39 Å². The molecule has 0 saturated heterocycles. The van der Waals surface area contributed by atoms with Crippen LogP contribution in [0, 0.1) is 0 Å². The van der Waals surface area contributed by atoms with Gasteiger partial charge in [-0.05, 0) is 29.7 Å². The normalized spacial score (nSPS) is 15.7. The third-order valence-corrected chi connectivity index (χ3v) is 4.38. The number of hydrogen-bond acceptors (Lipinski definition) is 4. The van der Waals surface area contributed by atoms with E-state index in [1.165, 1.54) is 4.90 Å². The van der Waals surface area contributed by atoms with Crippen molar-refractivity contribution in [1.29, 1.82) is 0 Å². The Kier molecular flexibility index (Phi) is 4.08. The van der Waals surface area contributed by atoms with Crippen LogP contribution in [0.3, 0.4) is 0 Å². The highest BCUT2D eigenvalue weighted by Gasteiger charge is 2.25. The summed E-state index contributed by atoms with van der Waals surface area (Å²) in [5.41, 5.74) is 0.423. The molecule has 2 aromatic carbocycles. The van der Waals surface area contributed by atoms with Crippen molar-refractivity contribution in [3.63, 3.8) is 0 Å². The molecule has 6 nitrogen and oxygen atoms in total. The number of rotatable bonds is 3. The molecule has 3 aromatic rings. The average molecular weight is 350 g/mol. The molecule has 0 saturated carbocycles. The smallest absolute Gasteiger partial charge is 0.261 e. The van der Waals surface area contributed by atoms with E-state index in [2.05, 4.69) is 4.98 Å². The Morgan fingerprint density at radius 2 is 1.88 bits per heavy atom. The molecule has 6 heteroatoms. The van der Waals surface area contributed by atoms with Crippen LogP contribution in [0.25, 0.3) is 10.9 Å². The summed E-state index contributed by atoms with van der Waals surface area (Å²) in [4.78, 5) is 29.3. The molecular formula is C20H18N2O4. The maximum Gasteiger partial charge on any atom is 0.261 e. The molecule has 132 valence electrons. The number of hydrogen-bond donors (Lipinski definition) is 1. The number of fused-ring (bicyclic) bond motifs is 2. The van der Waals surface area contributed by atoms with Crippen LogP contribution in [-0.4, -0.2) is 42.1 Å². The largest absolute Gasteiger partial charge is 0.486 e. The Balaban J connectivity index is 1.52. The van der Waals surface area contributed by atoms with E-state index in [4.69, 9.17) is 9.47 Å². The third-order valence-electron chi connectivity index (χ3n) is 4.38. The first-order valence-electron chi connectivity index (χ1n) is 8.38. The van der Waals surface area contributed by atoms with Crippen molar-refractivity contribution in [2.24, 2.45) is 0 Å². The Bertz CT molecular complexity index is 1030. The summed E-state index contributed by atoms with van der Waals surface area (Å²) in [5, 5.41) is 0.815. The van der Waals surface area contributed by atoms with Crippen LogP contribution in [0.4, 0.5) is 0 Å². The fraction of sp³-hybridized carbons (Fsp3) is 0.200. The van der Waals surface area contributed by atoms with Crippen molar-refractivity contribution in [2.45, 2.75) is 6.10 Å². The van der Waals surface area contributed by atoms with E-state index in [0.29, 0.717) is 30.2 Å². The molecule has 2 heterocycles. The summed E-state index contributed by atoms with van der Waals surface area (Å²) >= 11 is 0. The second kappa shape index (κ2) is 6.55. The number of aromatic amines is 1. The van der Waals surface area contributed by atoms with Gasteiger partial charge in [0.1, 0.15) is 12.2 Å². The molecule has 1 atom stereocenters. The van der Waals surface area contributed by atoms with Gasteiger partial charge >= 0.3 is 0 Å². The molecule has 1 aliphatic heterocycles. The number of pyridine rings is 1. The Labute approximate surface area is 150 Å². The summed E-state index contributed by atoms with van der Waals surface area (Å²) < 4.78 is 11.6. The molecule has 0 spiro atoms. The number of nitrogens with one attached hydrogen (secondary N) is 1. The summed E-state index contributed by atoms with van der Waals surface area (Å²) in [6.45, 7) is 0.669. The van der Waals surface area contributed by atoms with E-state index >= 15 is 0 Å². The monoisotopic (exact) mass is 350 g/mol.